The Labute approximate surface area is 210 Å². The molecule has 2 heterocycles. The molecule has 2 N–H and O–H groups in total. The Hall–Kier alpha value is -3.28. The van der Waals surface area contributed by atoms with Gasteiger partial charge in [-0.15, -0.1) is 0 Å². The van der Waals surface area contributed by atoms with Crippen molar-refractivity contribution in [2.24, 2.45) is 7.05 Å². The molecular formula is C24H29F2N5O4S. The van der Waals surface area contributed by atoms with Gasteiger partial charge in [0.25, 0.3) is 5.91 Å². The van der Waals surface area contributed by atoms with Gasteiger partial charge >= 0.3 is 11.8 Å². The molecule has 1 aliphatic carbocycles. The number of ether oxygens (including phenoxy) is 1. The third-order valence-electron chi connectivity index (χ3n) is 5.98. The Bertz CT molecular complexity index is 1330. The van der Waals surface area contributed by atoms with Crippen LogP contribution < -0.4 is 15.9 Å². The van der Waals surface area contributed by atoms with E-state index in [2.05, 4.69) is 15.3 Å². The molecule has 36 heavy (non-hydrogen) atoms. The first kappa shape index (κ1) is 25.8. The maximum absolute atomic E-state index is 13.7. The number of aromatic nitrogens is 3. The molecule has 9 nitrogen and oxygen atoms in total. The van der Waals surface area contributed by atoms with Gasteiger partial charge in [-0.25, -0.2) is 28.3 Å². The fraction of sp³-hybridized carbons (Fsp3) is 0.500. The number of hydrogen-bond acceptors (Lipinski definition) is 6. The lowest BCUT2D eigenvalue weighted by Crippen LogP contribution is -2.46. The molecule has 1 aromatic carbocycles. The number of rotatable bonds is 5. The monoisotopic (exact) mass is 521 g/mol. The Morgan fingerprint density at radius 2 is 2.00 bits per heavy atom. The highest BCUT2D eigenvalue weighted by atomic mass is 32.1. The van der Waals surface area contributed by atoms with E-state index in [4.69, 9.17) is 4.74 Å². The van der Waals surface area contributed by atoms with Crippen LogP contribution in [-0.4, -0.2) is 44.1 Å². The lowest BCUT2D eigenvalue weighted by Gasteiger charge is -2.36. The normalized spacial score (nSPS) is 16.2. The molecule has 1 aliphatic rings. The van der Waals surface area contributed by atoms with Gasteiger partial charge in [0, 0.05) is 42.6 Å². The van der Waals surface area contributed by atoms with Gasteiger partial charge in [0.05, 0.1) is 17.6 Å². The van der Waals surface area contributed by atoms with Crippen molar-refractivity contribution in [1.82, 2.24) is 19.9 Å². The van der Waals surface area contributed by atoms with Crippen molar-refractivity contribution >= 4 is 39.5 Å². The van der Waals surface area contributed by atoms with Gasteiger partial charge in [-0.05, 0) is 51.8 Å². The van der Waals surface area contributed by atoms with E-state index in [1.54, 1.807) is 52.2 Å². The first-order valence-electron chi connectivity index (χ1n) is 11.6. The van der Waals surface area contributed by atoms with Crippen LogP contribution in [0.3, 0.4) is 0 Å². The highest BCUT2D eigenvalue weighted by Crippen LogP contribution is 2.38. The molecule has 194 valence electrons. The van der Waals surface area contributed by atoms with Crippen LogP contribution in [0, 0.1) is 0 Å². The molecule has 0 bridgehead atoms. The number of thiazole rings is 1. The lowest BCUT2D eigenvalue weighted by atomic mass is 9.91. The standard InChI is InChI=1S/C24H29F2N5O4S/c1-23(2,3)35-22(34)31(15-7-9-24(25,26)10-8-15)21-28-13-16(36-21)12-27-19(32)14-5-6-18-17(11-14)29-20(33)30(18)4/h5-6,11,13,15H,7-10,12H2,1-4H3,(H,27,32)(H,29,33). The number of carbonyl (C=O) groups is 2. The summed E-state index contributed by atoms with van der Waals surface area (Å²) in [6, 6.07) is 4.48. The average Bonchev–Trinajstić information content (AvgIpc) is 3.36. The number of halogens is 2. The summed E-state index contributed by atoms with van der Waals surface area (Å²) in [6.45, 7) is 5.38. The van der Waals surface area contributed by atoms with Crippen LogP contribution in [0.25, 0.3) is 11.0 Å². The van der Waals surface area contributed by atoms with Crippen LogP contribution in [0.2, 0.25) is 0 Å². The summed E-state index contributed by atoms with van der Waals surface area (Å²) in [5.41, 5.74) is 0.600. The van der Waals surface area contributed by atoms with Crippen molar-refractivity contribution < 1.29 is 23.1 Å². The fourth-order valence-electron chi connectivity index (χ4n) is 4.12. The Morgan fingerprint density at radius 1 is 1.31 bits per heavy atom. The molecule has 0 radical (unpaired) electrons. The second kappa shape index (κ2) is 9.64. The molecule has 3 aromatic rings. The smallest absolute Gasteiger partial charge is 0.416 e. The van der Waals surface area contributed by atoms with Crippen LogP contribution in [0.15, 0.2) is 29.2 Å². The summed E-state index contributed by atoms with van der Waals surface area (Å²) in [7, 11) is 1.64. The van der Waals surface area contributed by atoms with E-state index in [-0.39, 0.29) is 43.8 Å². The zero-order valence-corrected chi connectivity index (χ0v) is 21.4. The molecule has 0 atom stereocenters. The van der Waals surface area contributed by atoms with Crippen LogP contribution in [0.5, 0.6) is 0 Å². The second-order valence-corrected chi connectivity index (χ2v) is 11.0. The van der Waals surface area contributed by atoms with Crippen molar-refractivity contribution in [1.29, 1.82) is 0 Å². The number of imidazole rings is 1. The van der Waals surface area contributed by atoms with E-state index in [0.29, 0.717) is 26.6 Å². The molecule has 1 saturated carbocycles. The van der Waals surface area contributed by atoms with E-state index in [9.17, 15) is 23.2 Å². The minimum Gasteiger partial charge on any atom is -0.443 e. The van der Waals surface area contributed by atoms with E-state index < -0.39 is 23.7 Å². The number of amides is 2. The van der Waals surface area contributed by atoms with Gasteiger partial charge in [-0.1, -0.05) is 11.3 Å². The molecule has 0 saturated heterocycles. The van der Waals surface area contributed by atoms with Crippen LogP contribution >= 0.6 is 11.3 Å². The maximum atomic E-state index is 13.7. The lowest BCUT2D eigenvalue weighted by molar-refractivity contribution is -0.0388. The highest BCUT2D eigenvalue weighted by molar-refractivity contribution is 7.15. The predicted molar refractivity (Wildman–Crippen MR) is 133 cm³/mol. The number of nitrogens with zero attached hydrogens (tertiary/aromatic N) is 3. The van der Waals surface area contributed by atoms with Crippen LogP contribution in [0.1, 0.15) is 61.7 Å². The topological polar surface area (TPSA) is 109 Å². The molecule has 4 rings (SSSR count). The first-order valence-corrected chi connectivity index (χ1v) is 12.5. The number of carbonyl (C=O) groups excluding carboxylic acids is 2. The van der Waals surface area contributed by atoms with Gasteiger partial charge in [-0.3, -0.25) is 9.36 Å². The number of aromatic amines is 1. The van der Waals surface area contributed by atoms with Crippen molar-refractivity contribution in [3.8, 4) is 0 Å². The van der Waals surface area contributed by atoms with Gasteiger partial charge in [0.1, 0.15) is 5.60 Å². The average molecular weight is 522 g/mol. The number of fused-ring (bicyclic) bond motifs is 1. The first-order chi connectivity index (χ1) is 16.8. The van der Waals surface area contributed by atoms with Gasteiger partial charge in [0.15, 0.2) is 5.13 Å². The van der Waals surface area contributed by atoms with Gasteiger partial charge in [-0.2, -0.15) is 0 Å². The molecule has 1 fully saturated rings. The van der Waals surface area contributed by atoms with E-state index in [0.717, 1.165) is 0 Å². The number of nitrogens with one attached hydrogen (secondary N) is 2. The molecule has 2 aromatic heterocycles. The van der Waals surface area contributed by atoms with Crippen LogP contribution in [0.4, 0.5) is 18.7 Å². The third-order valence-corrected chi connectivity index (χ3v) is 6.98. The van der Waals surface area contributed by atoms with Gasteiger partial charge in [0.2, 0.25) is 5.92 Å². The third kappa shape index (κ3) is 5.75. The zero-order chi connectivity index (χ0) is 26.3. The van der Waals surface area contributed by atoms with Crippen molar-refractivity contribution in [3.63, 3.8) is 0 Å². The van der Waals surface area contributed by atoms with E-state index >= 15 is 0 Å². The second-order valence-electron chi connectivity index (χ2n) is 9.95. The van der Waals surface area contributed by atoms with Crippen LogP contribution in [-0.2, 0) is 18.3 Å². The summed E-state index contributed by atoms with van der Waals surface area (Å²) in [4.78, 5) is 46.6. The molecule has 0 unspecified atom stereocenters. The maximum Gasteiger partial charge on any atom is 0.416 e. The minimum atomic E-state index is -2.73. The van der Waals surface area contributed by atoms with E-state index in [1.165, 1.54) is 20.8 Å². The summed E-state index contributed by atoms with van der Waals surface area (Å²) >= 11 is 1.19. The largest absolute Gasteiger partial charge is 0.443 e. The number of H-pyrrole nitrogens is 1. The Morgan fingerprint density at radius 3 is 2.67 bits per heavy atom. The SMILES string of the molecule is Cn1c(=O)[nH]c2cc(C(=O)NCc3cnc(N(C(=O)OC(C)(C)C)C4CCC(F)(F)CC4)s3)ccc21. The molecular weight excluding hydrogens is 492 g/mol. The van der Waals surface area contributed by atoms with Crippen molar-refractivity contribution in [2.45, 2.75) is 70.6 Å². The van der Waals surface area contributed by atoms with Crippen molar-refractivity contribution in [3.05, 3.63) is 45.3 Å². The Kier molecular flexibility index (Phi) is 6.91. The number of alkyl halides is 2. The minimum absolute atomic E-state index is 0.141. The zero-order valence-electron chi connectivity index (χ0n) is 20.6. The van der Waals surface area contributed by atoms with Crippen molar-refractivity contribution in [2.75, 3.05) is 4.90 Å². The Balaban J connectivity index is 1.47. The number of anilines is 1. The molecule has 12 heteroatoms. The summed E-state index contributed by atoms with van der Waals surface area (Å²) in [5, 5.41) is 3.15. The summed E-state index contributed by atoms with van der Waals surface area (Å²) in [5.74, 6) is -3.07. The highest BCUT2D eigenvalue weighted by Gasteiger charge is 2.40. The fourth-order valence-corrected chi connectivity index (χ4v) is 5.03. The number of hydrogen-bond donors (Lipinski definition) is 2. The quantitative estimate of drug-likeness (QED) is 0.511. The molecule has 2 amide bonds. The number of benzene rings is 1. The van der Waals surface area contributed by atoms with E-state index in [1.807, 2.05) is 0 Å². The molecule has 0 aliphatic heterocycles. The predicted octanol–water partition coefficient (Wildman–Crippen LogP) is 4.57. The van der Waals surface area contributed by atoms with Gasteiger partial charge < -0.3 is 15.0 Å². The molecule has 0 spiro atoms. The summed E-state index contributed by atoms with van der Waals surface area (Å²) < 4.78 is 34.5. The number of aryl methyl sites for hydroxylation is 1. The summed E-state index contributed by atoms with van der Waals surface area (Å²) in [6.07, 6.45) is 0.592.